The Morgan fingerprint density at radius 2 is 1.95 bits per heavy atom. The number of esters is 1. The minimum absolute atomic E-state index is 0.203. The van der Waals surface area contributed by atoms with Crippen LogP contribution in [0.5, 0.6) is 0 Å². The smallest absolute Gasteiger partial charge is 0.319 e. The molecule has 21 heavy (non-hydrogen) atoms. The predicted octanol–water partition coefficient (Wildman–Crippen LogP) is 2.93. The average Bonchev–Trinajstić information content (AvgIpc) is 3.01. The van der Waals surface area contributed by atoms with E-state index < -0.39 is 5.41 Å². The zero-order valence-electron chi connectivity index (χ0n) is 13.2. The molecule has 0 aliphatic rings. The first kappa shape index (κ1) is 15.9. The Bertz CT molecular complexity index is 628. The van der Waals surface area contributed by atoms with E-state index in [0.29, 0.717) is 19.4 Å². The largest absolute Gasteiger partial charge is 0.465 e. The molecule has 0 spiro atoms. The lowest BCUT2D eigenvalue weighted by Crippen LogP contribution is -2.36. The van der Waals surface area contributed by atoms with E-state index in [4.69, 9.17) is 4.74 Å². The Balaban J connectivity index is 2.53. The quantitative estimate of drug-likeness (QED) is 0.767. The summed E-state index contributed by atoms with van der Waals surface area (Å²) in [6, 6.07) is 0. The van der Waals surface area contributed by atoms with Gasteiger partial charge in [-0.05, 0) is 19.8 Å². The summed E-state index contributed by atoms with van der Waals surface area (Å²) in [4.78, 5) is 13.2. The van der Waals surface area contributed by atoms with E-state index >= 15 is 0 Å². The molecule has 2 heterocycles. The Morgan fingerprint density at radius 3 is 2.48 bits per heavy atom. The van der Waals surface area contributed by atoms with Crippen molar-refractivity contribution in [3.8, 4) is 0 Å². The van der Waals surface area contributed by atoms with Gasteiger partial charge in [-0.15, -0.1) is 10.2 Å². The normalized spacial score (nSPS) is 12.3. The third-order valence-electron chi connectivity index (χ3n) is 3.81. The second-order valence-corrected chi connectivity index (χ2v) is 6.28. The molecule has 0 aliphatic carbocycles. The highest BCUT2D eigenvalue weighted by molar-refractivity contribution is 7.16. The highest BCUT2D eigenvalue weighted by Crippen LogP contribution is 2.36. The number of fused-ring (bicyclic) bond motifs is 1. The van der Waals surface area contributed by atoms with Crippen LogP contribution in [0.4, 0.5) is 0 Å². The van der Waals surface area contributed by atoms with Crippen molar-refractivity contribution in [2.45, 2.75) is 58.8 Å². The predicted molar refractivity (Wildman–Crippen MR) is 81.6 cm³/mol. The second kappa shape index (κ2) is 6.09. The van der Waals surface area contributed by atoms with Crippen LogP contribution in [0.15, 0.2) is 0 Å². The summed E-state index contributed by atoms with van der Waals surface area (Å²) in [7, 11) is 0. The number of carbonyl (C=O) groups excluding carboxylic acids is 1. The van der Waals surface area contributed by atoms with Gasteiger partial charge in [-0.2, -0.15) is 9.61 Å². The van der Waals surface area contributed by atoms with Crippen molar-refractivity contribution < 1.29 is 9.53 Å². The van der Waals surface area contributed by atoms with Gasteiger partial charge in [0.15, 0.2) is 5.82 Å². The Labute approximate surface area is 128 Å². The molecule has 2 rings (SSSR count). The van der Waals surface area contributed by atoms with Crippen LogP contribution < -0.4 is 0 Å². The van der Waals surface area contributed by atoms with Crippen LogP contribution >= 0.6 is 11.3 Å². The Morgan fingerprint density at radius 1 is 1.29 bits per heavy atom. The van der Waals surface area contributed by atoms with E-state index in [0.717, 1.165) is 15.8 Å². The second-order valence-electron chi connectivity index (χ2n) is 5.32. The van der Waals surface area contributed by atoms with Crippen molar-refractivity contribution >= 4 is 22.3 Å². The van der Waals surface area contributed by atoms with E-state index in [9.17, 15) is 4.79 Å². The molecule has 7 heteroatoms. The topological polar surface area (TPSA) is 69.4 Å². The van der Waals surface area contributed by atoms with Crippen molar-refractivity contribution in [3.05, 3.63) is 10.8 Å². The summed E-state index contributed by atoms with van der Waals surface area (Å²) in [6.45, 7) is 10.3. The molecule has 2 aromatic heterocycles. The number of hydrogen-bond acceptors (Lipinski definition) is 6. The number of nitrogens with zero attached hydrogens (tertiary/aromatic N) is 4. The van der Waals surface area contributed by atoms with Gasteiger partial charge >= 0.3 is 5.97 Å². The van der Waals surface area contributed by atoms with Gasteiger partial charge in [0.25, 0.3) is 0 Å². The van der Waals surface area contributed by atoms with E-state index in [2.05, 4.69) is 15.3 Å². The molecule has 0 N–H and O–H groups in total. The summed E-state index contributed by atoms with van der Waals surface area (Å²) >= 11 is 1.42. The molecule has 0 saturated heterocycles. The van der Waals surface area contributed by atoms with Crippen molar-refractivity contribution in [1.29, 1.82) is 0 Å². The van der Waals surface area contributed by atoms with Crippen LogP contribution in [-0.4, -0.2) is 32.4 Å². The molecule has 116 valence electrons. The third-order valence-corrected chi connectivity index (χ3v) is 4.92. The minimum Gasteiger partial charge on any atom is -0.465 e. The molecular formula is C14H22N4O2S. The molecule has 0 unspecified atom stereocenters. The van der Waals surface area contributed by atoms with E-state index in [-0.39, 0.29) is 11.9 Å². The van der Waals surface area contributed by atoms with Gasteiger partial charge < -0.3 is 4.74 Å². The molecular weight excluding hydrogens is 288 g/mol. The third kappa shape index (κ3) is 2.54. The zero-order valence-corrected chi connectivity index (χ0v) is 14.0. The maximum absolute atomic E-state index is 12.4. The van der Waals surface area contributed by atoms with Crippen LogP contribution in [-0.2, 0) is 14.9 Å². The van der Waals surface area contributed by atoms with Crippen molar-refractivity contribution in [2.75, 3.05) is 6.61 Å². The number of aromatic nitrogens is 4. The Hall–Kier alpha value is -1.50. The Kier molecular flexibility index (Phi) is 4.61. The monoisotopic (exact) mass is 310 g/mol. The van der Waals surface area contributed by atoms with E-state index in [1.165, 1.54) is 11.3 Å². The molecule has 0 saturated carbocycles. The number of ether oxygens (including phenoxy) is 1. The number of hydrogen-bond donors (Lipinski definition) is 0. The first-order chi connectivity index (χ1) is 10.00. The van der Waals surface area contributed by atoms with Crippen molar-refractivity contribution in [2.24, 2.45) is 0 Å². The van der Waals surface area contributed by atoms with Gasteiger partial charge in [0, 0.05) is 5.92 Å². The number of carbonyl (C=O) groups is 1. The maximum Gasteiger partial charge on any atom is 0.319 e. The molecule has 0 atom stereocenters. The van der Waals surface area contributed by atoms with Gasteiger partial charge in [0.2, 0.25) is 4.96 Å². The van der Waals surface area contributed by atoms with Gasteiger partial charge in [-0.1, -0.05) is 39.0 Å². The summed E-state index contributed by atoms with van der Waals surface area (Å²) < 4.78 is 7.03. The molecule has 2 aromatic rings. The number of rotatable bonds is 6. The lowest BCUT2D eigenvalue weighted by molar-refractivity contribution is -0.150. The standard InChI is InChI=1S/C14H22N4O2S/c1-6-14(7-2,12(19)20-8-3)11-17-18-10(9(4)5)15-16-13(18)21-11/h9H,6-8H2,1-5H3. The SMILES string of the molecule is CCOC(=O)C(CC)(CC)c1nn2c(C(C)C)nnc2s1. The highest BCUT2D eigenvalue weighted by Gasteiger charge is 2.42. The fourth-order valence-electron chi connectivity index (χ4n) is 2.38. The van der Waals surface area contributed by atoms with Crippen LogP contribution in [0.2, 0.25) is 0 Å². The molecule has 0 aromatic carbocycles. The molecule has 0 fully saturated rings. The fraction of sp³-hybridized carbons (Fsp3) is 0.714. The van der Waals surface area contributed by atoms with Gasteiger partial charge in [-0.3, -0.25) is 4.79 Å². The van der Waals surface area contributed by atoms with E-state index in [1.54, 1.807) is 4.52 Å². The summed E-state index contributed by atoms with van der Waals surface area (Å²) in [6.07, 6.45) is 1.31. The fourth-order valence-corrected chi connectivity index (χ4v) is 3.55. The zero-order chi connectivity index (χ0) is 15.6. The van der Waals surface area contributed by atoms with Gasteiger partial charge in [0.1, 0.15) is 10.4 Å². The molecule has 0 bridgehead atoms. The minimum atomic E-state index is -0.685. The highest BCUT2D eigenvalue weighted by atomic mass is 32.1. The summed E-state index contributed by atoms with van der Waals surface area (Å²) in [5, 5.41) is 13.7. The van der Waals surface area contributed by atoms with Crippen LogP contribution in [0.3, 0.4) is 0 Å². The van der Waals surface area contributed by atoms with Gasteiger partial charge in [0.05, 0.1) is 6.61 Å². The molecule has 0 aliphatic heterocycles. The first-order valence-electron chi connectivity index (χ1n) is 7.40. The van der Waals surface area contributed by atoms with Crippen LogP contribution in [0.25, 0.3) is 4.96 Å². The van der Waals surface area contributed by atoms with Crippen LogP contribution in [0.1, 0.15) is 64.2 Å². The lowest BCUT2D eigenvalue weighted by atomic mass is 9.83. The molecule has 0 radical (unpaired) electrons. The first-order valence-corrected chi connectivity index (χ1v) is 8.21. The van der Waals surface area contributed by atoms with Crippen molar-refractivity contribution in [1.82, 2.24) is 19.8 Å². The van der Waals surface area contributed by atoms with E-state index in [1.807, 2.05) is 34.6 Å². The maximum atomic E-state index is 12.4. The summed E-state index contributed by atoms with van der Waals surface area (Å²) in [5.41, 5.74) is -0.685. The summed E-state index contributed by atoms with van der Waals surface area (Å²) in [5.74, 6) is 0.846. The average molecular weight is 310 g/mol. The lowest BCUT2D eigenvalue weighted by Gasteiger charge is -2.26. The van der Waals surface area contributed by atoms with Crippen molar-refractivity contribution in [3.63, 3.8) is 0 Å². The van der Waals surface area contributed by atoms with Crippen LogP contribution in [0, 0.1) is 0 Å². The van der Waals surface area contributed by atoms with Gasteiger partial charge in [-0.25, -0.2) is 0 Å². The molecule has 0 amide bonds. The molecule has 6 nitrogen and oxygen atoms in total.